The van der Waals surface area contributed by atoms with Crippen LogP contribution in [-0.2, 0) is 0 Å². The predicted molar refractivity (Wildman–Crippen MR) is 82.1 cm³/mol. The topological polar surface area (TPSA) is 71.8 Å². The van der Waals surface area contributed by atoms with Gasteiger partial charge in [0.05, 0.1) is 0 Å². The van der Waals surface area contributed by atoms with Crippen LogP contribution in [0.3, 0.4) is 0 Å². The van der Waals surface area contributed by atoms with Gasteiger partial charge in [0.15, 0.2) is 16.9 Å². The summed E-state index contributed by atoms with van der Waals surface area (Å²) in [5, 5.41) is 11.6. The summed E-state index contributed by atoms with van der Waals surface area (Å²) in [6, 6.07) is -0.563. The van der Waals surface area contributed by atoms with Crippen molar-refractivity contribution in [2.75, 3.05) is 10.6 Å². The summed E-state index contributed by atoms with van der Waals surface area (Å²) in [7, 11) is 0. The summed E-state index contributed by atoms with van der Waals surface area (Å²) >= 11 is 1.22. The molecule has 0 saturated heterocycles. The molecule has 2 atom stereocenters. The molecule has 128 valence electrons. The van der Waals surface area contributed by atoms with Gasteiger partial charge in [0.2, 0.25) is 0 Å². The number of hydrogen-bond acceptors (Lipinski definition) is 5. The predicted octanol–water partition coefficient (Wildman–Crippen LogP) is 3.29. The highest BCUT2D eigenvalue weighted by Gasteiger charge is 2.49. The van der Waals surface area contributed by atoms with Gasteiger partial charge in [-0.25, -0.2) is 9.67 Å². The molecule has 0 radical (unpaired) electrons. The van der Waals surface area contributed by atoms with Crippen molar-refractivity contribution in [3.05, 3.63) is 23.3 Å². The highest BCUT2D eigenvalue weighted by molar-refractivity contribution is 7.13. The average molecular weight is 357 g/mol. The van der Waals surface area contributed by atoms with E-state index in [4.69, 9.17) is 0 Å². The second-order valence-corrected chi connectivity index (χ2v) is 6.93. The zero-order valence-corrected chi connectivity index (χ0v) is 13.2. The zero-order chi connectivity index (χ0) is 16.9. The normalized spacial score (nSPS) is 23.5. The second kappa shape index (κ2) is 5.47. The molecule has 1 saturated carbocycles. The lowest BCUT2D eigenvalue weighted by Crippen LogP contribution is -2.40. The number of halogens is 3. The largest absolute Gasteiger partial charge is 0.410 e. The Morgan fingerprint density at radius 1 is 1.42 bits per heavy atom. The van der Waals surface area contributed by atoms with E-state index < -0.39 is 18.1 Å². The Morgan fingerprint density at radius 2 is 2.21 bits per heavy atom. The minimum Gasteiger partial charge on any atom is -0.367 e. The number of hydrogen-bond donors (Lipinski definition) is 2. The maximum atomic E-state index is 13.4. The maximum Gasteiger partial charge on any atom is 0.410 e. The maximum absolute atomic E-state index is 13.4. The van der Waals surface area contributed by atoms with Gasteiger partial charge >= 0.3 is 6.18 Å². The molecule has 6 nitrogen and oxygen atoms in total. The highest BCUT2D eigenvalue weighted by atomic mass is 32.1. The number of fused-ring (bicyclic) bond motifs is 1. The number of thiazole rings is 1. The van der Waals surface area contributed by atoms with Crippen LogP contribution in [0.2, 0.25) is 0 Å². The van der Waals surface area contributed by atoms with Crippen molar-refractivity contribution in [1.29, 1.82) is 0 Å². The van der Waals surface area contributed by atoms with E-state index >= 15 is 0 Å². The fraction of sp³-hybridized carbons (Fsp3) is 0.500. The molecule has 1 aliphatic heterocycles. The van der Waals surface area contributed by atoms with E-state index in [2.05, 4.69) is 20.7 Å². The fourth-order valence-electron chi connectivity index (χ4n) is 2.97. The molecule has 4 rings (SSSR count). The molecular formula is C14H14F3N5OS. The van der Waals surface area contributed by atoms with E-state index in [1.807, 2.05) is 0 Å². The van der Waals surface area contributed by atoms with Gasteiger partial charge in [-0.15, -0.1) is 11.3 Å². The van der Waals surface area contributed by atoms with Crippen LogP contribution in [0.5, 0.6) is 0 Å². The quantitative estimate of drug-likeness (QED) is 0.884. The molecule has 0 unspecified atom stereocenters. The lowest BCUT2D eigenvalue weighted by atomic mass is 10.0. The van der Waals surface area contributed by atoms with Crippen molar-refractivity contribution in [3.63, 3.8) is 0 Å². The minimum absolute atomic E-state index is 0.0570. The summed E-state index contributed by atoms with van der Waals surface area (Å²) in [6.07, 6.45) is -1.06. The van der Waals surface area contributed by atoms with Crippen molar-refractivity contribution in [2.45, 2.75) is 37.5 Å². The van der Waals surface area contributed by atoms with E-state index in [-0.39, 0.29) is 29.9 Å². The molecule has 2 aromatic heterocycles. The van der Waals surface area contributed by atoms with Gasteiger partial charge < -0.3 is 5.32 Å². The van der Waals surface area contributed by atoms with E-state index in [0.717, 1.165) is 17.5 Å². The number of nitrogens with zero attached hydrogens (tertiary/aromatic N) is 3. The van der Waals surface area contributed by atoms with E-state index in [0.29, 0.717) is 5.13 Å². The molecule has 10 heteroatoms. The van der Waals surface area contributed by atoms with Crippen molar-refractivity contribution in [1.82, 2.24) is 14.8 Å². The average Bonchev–Trinajstić information content (AvgIpc) is 3.07. The summed E-state index contributed by atoms with van der Waals surface area (Å²) in [5.74, 6) is -0.0617. The molecule has 3 heterocycles. The van der Waals surface area contributed by atoms with E-state index in [1.54, 1.807) is 5.38 Å². The molecule has 1 fully saturated rings. The van der Waals surface area contributed by atoms with Gasteiger partial charge in [-0.05, 0) is 25.2 Å². The van der Waals surface area contributed by atoms with Gasteiger partial charge in [0.25, 0.3) is 5.91 Å². The first-order chi connectivity index (χ1) is 11.4. The second-order valence-electron chi connectivity index (χ2n) is 6.03. The monoisotopic (exact) mass is 357 g/mol. The highest BCUT2D eigenvalue weighted by Crippen LogP contribution is 2.45. The van der Waals surface area contributed by atoms with Crippen LogP contribution >= 0.6 is 11.3 Å². The van der Waals surface area contributed by atoms with Crippen molar-refractivity contribution >= 4 is 28.2 Å². The summed E-state index contributed by atoms with van der Waals surface area (Å²) < 4.78 is 41.1. The van der Waals surface area contributed by atoms with Gasteiger partial charge in [-0.1, -0.05) is 0 Å². The molecule has 2 N–H and O–H groups in total. The van der Waals surface area contributed by atoms with Crippen molar-refractivity contribution in [3.8, 4) is 0 Å². The van der Waals surface area contributed by atoms with Gasteiger partial charge in [0.1, 0.15) is 5.82 Å². The number of rotatable bonds is 3. The van der Waals surface area contributed by atoms with Crippen LogP contribution < -0.4 is 10.6 Å². The van der Waals surface area contributed by atoms with Crippen LogP contribution in [0.1, 0.15) is 35.8 Å². The molecule has 2 aromatic rings. The Bertz CT molecular complexity index is 753. The molecule has 0 bridgehead atoms. The first-order valence-electron chi connectivity index (χ1n) is 7.55. The molecule has 0 aromatic carbocycles. The zero-order valence-electron chi connectivity index (χ0n) is 12.4. The third-order valence-corrected chi connectivity index (χ3v) is 4.98. The number of aromatic nitrogens is 3. The fourth-order valence-corrected chi connectivity index (χ4v) is 3.49. The Kier molecular flexibility index (Phi) is 3.52. The SMILES string of the molecule is O=C(Nc1nccs1)c1cc2n(n1)[C@H](C(F)(F)F)C[C@H](C1CC1)N2. The number of alkyl halides is 3. The number of nitrogens with one attached hydrogen (secondary N) is 2. The third kappa shape index (κ3) is 2.85. The summed E-state index contributed by atoms with van der Waals surface area (Å²) in [6.45, 7) is 0. The first kappa shape index (κ1) is 15.4. The molecule has 0 spiro atoms. The number of carbonyl (C=O) groups excluding carboxylic acids is 1. The third-order valence-electron chi connectivity index (χ3n) is 4.30. The van der Waals surface area contributed by atoms with Gasteiger partial charge in [-0.3, -0.25) is 10.1 Å². The van der Waals surface area contributed by atoms with Crippen LogP contribution in [0.15, 0.2) is 17.6 Å². The number of amides is 1. The van der Waals surface area contributed by atoms with Crippen molar-refractivity contribution in [2.24, 2.45) is 5.92 Å². The number of carbonyl (C=O) groups is 1. The number of anilines is 2. The lowest BCUT2D eigenvalue weighted by Gasteiger charge is -2.33. The van der Waals surface area contributed by atoms with Crippen LogP contribution in [0, 0.1) is 5.92 Å². The Morgan fingerprint density at radius 3 is 2.83 bits per heavy atom. The minimum atomic E-state index is -4.40. The van der Waals surface area contributed by atoms with Gasteiger partial charge in [-0.2, -0.15) is 18.3 Å². The Labute approximate surface area is 139 Å². The standard InChI is InChI=1S/C14H14F3N5OS/c15-14(16,17)10-5-8(7-1-2-7)19-11-6-9(21-22(10)11)12(23)20-13-18-3-4-24-13/h3-4,6-8,10,19H,1-2,5H2,(H,18,20,23)/t8-,10+/m1/s1. The smallest absolute Gasteiger partial charge is 0.367 e. The Balaban J connectivity index is 1.62. The van der Waals surface area contributed by atoms with E-state index in [1.165, 1.54) is 23.6 Å². The Hall–Kier alpha value is -2.10. The van der Waals surface area contributed by atoms with Crippen LogP contribution in [0.4, 0.5) is 24.1 Å². The molecule has 2 aliphatic rings. The van der Waals surface area contributed by atoms with Crippen molar-refractivity contribution < 1.29 is 18.0 Å². The summed E-state index contributed by atoms with van der Waals surface area (Å²) in [4.78, 5) is 16.1. The van der Waals surface area contributed by atoms with Crippen LogP contribution in [0.25, 0.3) is 0 Å². The van der Waals surface area contributed by atoms with Crippen LogP contribution in [-0.4, -0.2) is 32.9 Å². The molecular weight excluding hydrogens is 343 g/mol. The molecule has 1 aliphatic carbocycles. The molecule has 24 heavy (non-hydrogen) atoms. The first-order valence-corrected chi connectivity index (χ1v) is 8.43. The van der Waals surface area contributed by atoms with E-state index in [9.17, 15) is 18.0 Å². The lowest BCUT2D eigenvalue weighted by molar-refractivity contribution is -0.174. The summed E-state index contributed by atoms with van der Waals surface area (Å²) in [5.41, 5.74) is -0.0570. The van der Waals surface area contributed by atoms with Gasteiger partial charge in [0, 0.05) is 23.7 Å². The molecule has 1 amide bonds.